The Bertz CT molecular complexity index is 623. The molecular formula is C20H28ClN3O2. The molecule has 0 radical (unpaired) electrons. The minimum atomic E-state index is -0.0257. The Morgan fingerprint density at radius 1 is 1.04 bits per heavy atom. The van der Waals surface area contributed by atoms with E-state index in [0.29, 0.717) is 23.3 Å². The highest BCUT2D eigenvalue weighted by molar-refractivity contribution is 6.29. The minimum Gasteiger partial charge on any atom is -0.353 e. The fourth-order valence-electron chi connectivity index (χ4n) is 4.15. The second-order valence-corrected chi connectivity index (χ2v) is 8.05. The van der Waals surface area contributed by atoms with Crippen LogP contribution >= 0.6 is 11.6 Å². The van der Waals surface area contributed by atoms with Crippen LogP contribution in [0.1, 0.15) is 64.2 Å². The molecule has 0 aliphatic heterocycles. The minimum absolute atomic E-state index is 0.00764. The van der Waals surface area contributed by atoms with Crippen LogP contribution in [0.25, 0.3) is 0 Å². The molecule has 2 aliphatic carbocycles. The molecule has 1 aromatic rings. The van der Waals surface area contributed by atoms with Crippen molar-refractivity contribution in [3.8, 4) is 0 Å². The topological polar surface area (TPSA) is 71.1 Å². The van der Waals surface area contributed by atoms with Crippen molar-refractivity contribution in [3.05, 3.63) is 23.4 Å². The Morgan fingerprint density at radius 2 is 1.77 bits per heavy atom. The van der Waals surface area contributed by atoms with Crippen LogP contribution in [0, 0.1) is 11.8 Å². The first kappa shape index (κ1) is 19.2. The molecule has 3 rings (SSSR count). The monoisotopic (exact) mass is 377 g/mol. The molecule has 2 amide bonds. The molecule has 2 N–H and O–H groups in total. The summed E-state index contributed by atoms with van der Waals surface area (Å²) in [6.07, 6.45) is 10.2. The van der Waals surface area contributed by atoms with Crippen LogP contribution in [0.2, 0.25) is 5.15 Å². The molecule has 2 fully saturated rings. The zero-order valence-electron chi connectivity index (χ0n) is 15.2. The number of amides is 2. The number of carbonyl (C=O) groups excluding carboxylic acids is 2. The van der Waals surface area contributed by atoms with Gasteiger partial charge in [0.2, 0.25) is 11.8 Å². The molecule has 0 saturated heterocycles. The van der Waals surface area contributed by atoms with E-state index in [9.17, 15) is 9.59 Å². The van der Waals surface area contributed by atoms with Crippen LogP contribution in [-0.2, 0) is 9.59 Å². The lowest BCUT2D eigenvalue weighted by Gasteiger charge is -2.29. The van der Waals surface area contributed by atoms with Crippen LogP contribution in [0.15, 0.2) is 18.2 Å². The highest BCUT2D eigenvalue weighted by Crippen LogP contribution is 2.28. The maximum Gasteiger partial charge on any atom is 0.228 e. The van der Waals surface area contributed by atoms with Gasteiger partial charge in [0.05, 0.1) is 0 Å². The lowest BCUT2D eigenvalue weighted by Crippen LogP contribution is -2.40. The van der Waals surface area contributed by atoms with Crippen molar-refractivity contribution in [2.24, 2.45) is 11.8 Å². The van der Waals surface area contributed by atoms with Crippen molar-refractivity contribution in [1.29, 1.82) is 0 Å². The second kappa shape index (κ2) is 9.36. The zero-order chi connectivity index (χ0) is 18.4. The molecule has 5 nitrogen and oxygen atoms in total. The Balaban J connectivity index is 1.39. The van der Waals surface area contributed by atoms with E-state index in [1.165, 1.54) is 32.1 Å². The summed E-state index contributed by atoms with van der Waals surface area (Å²) in [5.41, 5.74) is 0. The molecule has 1 aromatic heterocycles. The number of nitrogens with one attached hydrogen (secondary N) is 2. The molecule has 0 bridgehead atoms. The van der Waals surface area contributed by atoms with Crippen molar-refractivity contribution < 1.29 is 9.59 Å². The summed E-state index contributed by atoms with van der Waals surface area (Å²) in [7, 11) is 0. The summed E-state index contributed by atoms with van der Waals surface area (Å²) >= 11 is 5.85. The van der Waals surface area contributed by atoms with E-state index in [0.717, 1.165) is 25.7 Å². The van der Waals surface area contributed by atoms with Gasteiger partial charge in [0.1, 0.15) is 11.0 Å². The van der Waals surface area contributed by atoms with Crippen molar-refractivity contribution in [3.63, 3.8) is 0 Å². The van der Waals surface area contributed by atoms with E-state index in [2.05, 4.69) is 15.6 Å². The summed E-state index contributed by atoms with van der Waals surface area (Å²) in [4.78, 5) is 28.7. The Kier molecular flexibility index (Phi) is 6.89. The molecule has 142 valence electrons. The number of hydrogen-bond acceptors (Lipinski definition) is 3. The summed E-state index contributed by atoms with van der Waals surface area (Å²) in [6.45, 7) is 0. The van der Waals surface area contributed by atoms with Crippen molar-refractivity contribution >= 4 is 29.2 Å². The molecule has 26 heavy (non-hydrogen) atoms. The van der Waals surface area contributed by atoms with E-state index in [4.69, 9.17) is 11.6 Å². The summed E-state index contributed by atoms with van der Waals surface area (Å²) in [5, 5.41) is 6.39. The van der Waals surface area contributed by atoms with Gasteiger partial charge in [0.25, 0.3) is 0 Å². The average molecular weight is 378 g/mol. The molecule has 0 spiro atoms. The summed E-state index contributed by atoms with van der Waals surface area (Å²) in [5.74, 6) is 1.21. The number of nitrogens with zero attached hydrogens (tertiary/aromatic N) is 1. The fourth-order valence-corrected chi connectivity index (χ4v) is 4.31. The van der Waals surface area contributed by atoms with Gasteiger partial charge in [-0.2, -0.15) is 0 Å². The highest BCUT2D eigenvalue weighted by atomic mass is 35.5. The van der Waals surface area contributed by atoms with Crippen molar-refractivity contribution in [2.45, 2.75) is 70.3 Å². The number of rotatable bonds is 5. The molecule has 1 heterocycles. The first-order chi connectivity index (χ1) is 12.6. The SMILES string of the molecule is O=C(CC1CCCCC1)NC1CCC(C(=O)Nc2cccc(Cl)n2)CC1. The third kappa shape index (κ3) is 5.70. The summed E-state index contributed by atoms with van der Waals surface area (Å²) < 4.78 is 0. The van der Waals surface area contributed by atoms with Crippen LogP contribution in [0.3, 0.4) is 0 Å². The largest absolute Gasteiger partial charge is 0.353 e. The van der Waals surface area contributed by atoms with E-state index in [-0.39, 0.29) is 23.8 Å². The average Bonchev–Trinajstić information content (AvgIpc) is 2.63. The van der Waals surface area contributed by atoms with Gasteiger partial charge < -0.3 is 10.6 Å². The van der Waals surface area contributed by atoms with Gasteiger partial charge in [0.15, 0.2) is 0 Å². The Hall–Kier alpha value is -1.62. The molecule has 0 unspecified atom stereocenters. The standard InChI is InChI=1S/C20H28ClN3O2/c21-17-7-4-8-18(23-17)24-20(26)15-9-11-16(12-10-15)22-19(25)13-14-5-2-1-3-6-14/h4,7-8,14-16H,1-3,5-6,9-13H2,(H,22,25)(H,23,24,26). The molecular weight excluding hydrogens is 350 g/mol. The quantitative estimate of drug-likeness (QED) is 0.750. The maximum atomic E-state index is 12.4. The van der Waals surface area contributed by atoms with Gasteiger partial charge in [-0.05, 0) is 56.6 Å². The molecule has 2 saturated carbocycles. The molecule has 0 atom stereocenters. The second-order valence-electron chi connectivity index (χ2n) is 7.66. The third-order valence-electron chi connectivity index (χ3n) is 5.63. The van der Waals surface area contributed by atoms with Crippen LogP contribution in [-0.4, -0.2) is 22.8 Å². The van der Waals surface area contributed by atoms with Crippen molar-refractivity contribution in [2.75, 3.05) is 5.32 Å². The fraction of sp³-hybridized carbons (Fsp3) is 0.650. The van der Waals surface area contributed by atoms with Gasteiger partial charge in [-0.15, -0.1) is 0 Å². The van der Waals surface area contributed by atoms with E-state index >= 15 is 0 Å². The zero-order valence-corrected chi connectivity index (χ0v) is 15.9. The van der Waals surface area contributed by atoms with Crippen LogP contribution < -0.4 is 10.6 Å². The van der Waals surface area contributed by atoms with Crippen LogP contribution in [0.4, 0.5) is 5.82 Å². The van der Waals surface area contributed by atoms with Gasteiger partial charge >= 0.3 is 0 Å². The lowest BCUT2D eigenvalue weighted by molar-refractivity contribution is -0.123. The first-order valence-corrected chi connectivity index (χ1v) is 10.2. The highest BCUT2D eigenvalue weighted by Gasteiger charge is 2.28. The molecule has 2 aliphatic rings. The number of carbonyl (C=O) groups is 2. The van der Waals surface area contributed by atoms with Gasteiger partial charge in [-0.3, -0.25) is 9.59 Å². The number of halogens is 1. The van der Waals surface area contributed by atoms with E-state index < -0.39 is 0 Å². The van der Waals surface area contributed by atoms with E-state index in [1.54, 1.807) is 18.2 Å². The summed E-state index contributed by atoms with van der Waals surface area (Å²) in [6, 6.07) is 5.39. The number of anilines is 1. The third-order valence-corrected chi connectivity index (χ3v) is 5.84. The molecule has 0 aromatic carbocycles. The normalized spacial score (nSPS) is 24.0. The van der Waals surface area contributed by atoms with Gasteiger partial charge in [-0.25, -0.2) is 4.98 Å². The maximum absolute atomic E-state index is 12.4. The van der Waals surface area contributed by atoms with Gasteiger partial charge in [0, 0.05) is 18.4 Å². The van der Waals surface area contributed by atoms with Crippen LogP contribution in [0.5, 0.6) is 0 Å². The Morgan fingerprint density at radius 3 is 2.46 bits per heavy atom. The smallest absolute Gasteiger partial charge is 0.228 e. The van der Waals surface area contributed by atoms with E-state index in [1.807, 2.05) is 0 Å². The number of pyridine rings is 1. The number of aromatic nitrogens is 1. The Labute approximate surface area is 160 Å². The first-order valence-electron chi connectivity index (χ1n) is 9.83. The van der Waals surface area contributed by atoms with Gasteiger partial charge in [-0.1, -0.05) is 36.9 Å². The predicted octanol–water partition coefficient (Wildman–Crippen LogP) is 4.32. The van der Waals surface area contributed by atoms with Crippen molar-refractivity contribution in [1.82, 2.24) is 10.3 Å². The predicted molar refractivity (Wildman–Crippen MR) is 103 cm³/mol. The number of hydrogen-bond donors (Lipinski definition) is 2. The molecule has 6 heteroatoms. The lowest BCUT2D eigenvalue weighted by atomic mass is 9.84.